The van der Waals surface area contributed by atoms with Gasteiger partial charge in [0.15, 0.2) is 5.69 Å². The Bertz CT molecular complexity index is 963. The van der Waals surface area contributed by atoms with Gasteiger partial charge < -0.3 is 4.74 Å². The summed E-state index contributed by atoms with van der Waals surface area (Å²) in [5.41, 5.74) is 1.78. The van der Waals surface area contributed by atoms with E-state index in [0.717, 1.165) is 10.5 Å². The Balaban J connectivity index is 2.31. The van der Waals surface area contributed by atoms with E-state index in [9.17, 15) is 13.2 Å². The highest BCUT2D eigenvalue weighted by atomic mass is 32.1. The van der Waals surface area contributed by atoms with Crippen molar-refractivity contribution in [3.63, 3.8) is 0 Å². The first-order valence-electron chi connectivity index (χ1n) is 8.39. The number of aromatic nitrogens is 2. The van der Waals surface area contributed by atoms with Gasteiger partial charge in [-0.2, -0.15) is 18.3 Å². The van der Waals surface area contributed by atoms with Crippen molar-refractivity contribution in [1.82, 2.24) is 9.78 Å². The smallest absolute Gasteiger partial charge is 0.435 e. The standard InChI is InChI=1S/C20H19F3N2OS/c1-4-16-18(13-5-10-17(26-3)12(2)11-13)25(24-19(16)20(21,22)23)14-6-8-15(27)9-7-14/h5-11,27H,4H2,1-3H3. The first-order valence-corrected chi connectivity index (χ1v) is 8.84. The Morgan fingerprint density at radius 3 is 2.30 bits per heavy atom. The van der Waals surface area contributed by atoms with Gasteiger partial charge in [-0.25, -0.2) is 4.68 Å². The average Bonchev–Trinajstić information content (AvgIpc) is 3.02. The lowest BCUT2D eigenvalue weighted by Crippen LogP contribution is -2.09. The summed E-state index contributed by atoms with van der Waals surface area (Å²) in [5, 5.41) is 3.94. The van der Waals surface area contributed by atoms with Crippen LogP contribution < -0.4 is 4.74 Å². The van der Waals surface area contributed by atoms with Crippen molar-refractivity contribution in [2.45, 2.75) is 31.3 Å². The van der Waals surface area contributed by atoms with Gasteiger partial charge >= 0.3 is 6.18 Å². The molecular formula is C20H19F3N2OS. The SMILES string of the molecule is CCc1c(C(F)(F)F)nn(-c2ccc(S)cc2)c1-c1ccc(OC)c(C)c1. The van der Waals surface area contributed by atoms with Crippen molar-refractivity contribution in [2.24, 2.45) is 0 Å². The van der Waals surface area contributed by atoms with E-state index in [1.807, 2.05) is 13.0 Å². The summed E-state index contributed by atoms with van der Waals surface area (Å²) in [6, 6.07) is 12.2. The number of hydrogen-bond acceptors (Lipinski definition) is 3. The molecule has 7 heteroatoms. The van der Waals surface area contributed by atoms with Crippen molar-refractivity contribution in [2.75, 3.05) is 7.11 Å². The molecule has 0 unspecified atom stereocenters. The molecule has 0 aliphatic heterocycles. The molecule has 1 aromatic heterocycles. The minimum absolute atomic E-state index is 0.169. The first-order chi connectivity index (χ1) is 12.8. The number of nitrogens with zero attached hydrogens (tertiary/aromatic N) is 2. The summed E-state index contributed by atoms with van der Waals surface area (Å²) in [5.74, 6) is 0.679. The number of methoxy groups -OCH3 is 1. The number of hydrogen-bond donors (Lipinski definition) is 1. The molecule has 0 aliphatic carbocycles. The molecular weight excluding hydrogens is 373 g/mol. The van der Waals surface area contributed by atoms with Crippen LogP contribution in [0.2, 0.25) is 0 Å². The van der Waals surface area contributed by atoms with Gasteiger partial charge in [0.25, 0.3) is 0 Å². The molecule has 3 rings (SSSR count). The van der Waals surface area contributed by atoms with Gasteiger partial charge in [0, 0.05) is 16.0 Å². The number of alkyl halides is 3. The molecule has 0 saturated carbocycles. The molecule has 1 heterocycles. The Morgan fingerprint density at radius 1 is 1.11 bits per heavy atom. The summed E-state index contributed by atoms with van der Waals surface area (Å²) >= 11 is 4.24. The Labute approximate surface area is 161 Å². The zero-order chi connectivity index (χ0) is 19.8. The molecule has 0 fully saturated rings. The highest BCUT2D eigenvalue weighted by Gasteiger charge is 2.39. The van der Waals surface area contributed by atoms with E-state index in [0.29, 0.717) is 22.7 Å². The molecule has 0 saturated heterocycles. The van der Waals surface area contributed by atoms with E-state index in [-0.39, 0.29) is 12.0 Å². The summed E-state index contributed by atoms with van der Waals surface area (Å²) < 4.78 is 47.5. The Hall–Kier alpha value is -2.41. The molecule has 27 heavy (non-hydrogen) atoms. The maximum Gasteiger partial charge on any atom is 0.435 e. The van der Waals surface area contributed by atoms with E-state index in [2.05, 4.69) is 17.7 Å². The van der Waals surface area contributed by atoms with Crippen LogP contribution in [0.25, 0.3) is 16.9 Å². The van der Waals surface area contributed by atoms with Gasteiger partial charge in [-0.15, -0.1) is 12.6 Å². The number of rotatable bonds is 4. The van der Waals surface area contributed by atoms with Crippen LogP contribution >= 0.6 is 12.6 Å². The van der Waals surface area contributed by atoms with Gasteiger partial charge in [0.05, 0.1) is 18.5 Å². The van der Waals surface area contributed by atoms with E-state index in [4.69, 9.17) is 4.74 Å². The maximum atomic E-state index is 13.6. The van der Waals surface area contributed by atoms with Gasteiger partial charge in [-0.05, 0) is 61.4 Å². The van der Waals surface area contributed by atoms with Crippen LogP contribution in [0.4, 0.5) is 13.2 Å². The van der Waals surface area contributed by atoms with Gasteiger partial charge in [0.1, 0.15) is 5.75 Å². The fraction of sp³-hybridized carbons (Fsp3) is 0.250. The lowest BCUT2D eigenvalue weighted by atomic mass is 10.0. The van der Waals surface area contributed by atoms with Crippen LogP contribution in [0.5, 0.6) is 5.75 Å². The number of halogens is 3. The molecule has 0 aliphatic rings. The number of thiol groups is 1. The highest BCUT2D eigenvalue weighted by Crippen LogP contribution is 2.39. The second kappa shape index (κ2) is 7.31. The van der Waals surface area contributed by atoms with Crippen LogP contribution in [0.3, 0.4) is 0 Å². The minimum atomic E-state index is -4.53. The van der Waals surface area contributed by atoms with E-state index < -0.39 is 11.9 Å². The summed E-state index contributed by atoms with van der Waals surface area (Å²) in [4.78, 5) is 0.722. The highest BCUT2D eigenvalue weighted by molar-refractivity contribution is 7.80. The maximum absolute atomic E-state index is 13.6. The fourth-order valence-electron chi connectivity index (χ4n) is 3.12. The summed E-state index contributed by atoms with van der Waals surface area (Å²) in [6.45, 7) is 3.56. The minimum Gasteiger partial charge on any atom is -0.496 e. The Kier molecular flexibility index (Phi) is 5.24. The molecule has 142 valence electrons. The molecule has 0 spiro atoms. The number of aryl methyl sites for hydroxylation is 1. The van der Waals surface area contributed by atoms with E-state index >= 15 is 0 Å². The van der Waals surface area contributed by atoms with Crippen LogP contribution in [-0.4, -0.2) is 16.9 Å². The van der Waals surface area contributed by atoms with Gasteiger partial charge in [-0.3, -0.25) is 0 Å². The molecule has 0 atom stereocenters. The monoisotopic (exact) mass is 392 g/mol. The Morgan fingerprint density at radius 2 is 1.78 bits per heavy atom. The molecule has 0 N–H and O–H groups in total. The van der Waals surface area contributed by atoms with Crippen molar-refractivity contribution >= 4 is 12.6 Å². The molecule has 0 radical (unpaired) electrons. The van der Waals surface area contributed by atoms with Crippen LogP contribution in [0.15, 0.2) is 47.4 Å². The zero-order valence-electron chi connectivity index (χ0n) is 15.1. The largest absolute Gasteiger partial charge is 0.496 e. The molecule has 3 aromatic rings. The predicted octanol–water partition coefficient (Wildman–Crippen LogP) is 5.73. The first kappa shape index (κ1) is 19.4. The lowest BCUT2D eigenvalue weighted by molar-refractivity contribution is -0.141. The quantitative estimate of drug-likeness (QED) is 0.575. The average molecular weight is 392 g/mol. The third kappa shape index (κ3) is 3.69. The van der Waals surface area contributed by atoms with Gasteiger partial charge in [0.2, 0.25) is 0 Å². The fourth-order valence-corrected chi connectivity index (χ4v) is 3.27. The second-order valence-corrected chi connectivity index (χ2v) is 6.66. The van der Waals surface area contributed by atoms with Crippen molar-refractivity contribution in [3.8, 4) is 22.7 Å². The lowest BCUT2D eigenvalue weighted by Gasteiger charge is -2.12. The number of benzene rings is 2. The predicted molar refractivity (Wildman–Crippen MR) is 102 cm³/mol. The van der Waals surface area contributed by atoms with Crippen molar-refractivity contribution in [1.29, 1.82) is 0 Å². The van der Waals surface area contributed by atoms with E-state index in [1.54, 1.807) is 50.4 Å². The molecule has 0 bridgehead atoms. The summed E-state index contributed by atoms with van der Waals surface area (Å²) in [6.07, 6.45) is -4.32. The molecule has 2 aromatic carbocycles. The topological polar surface area (TPSA) is 27.1 Å². The third-order valence-electron chi connectivity index (χ3n) is 4.37. The van der Waals surface area contributed by atoms with Crippen molar-refractivity contribution < 1.29 is 17.9 Å². The van der Waals surface area contributed by atoms with Crippen LogP contribution in [0.1, 0.15) is 23.7 Å². The van der Waals surface area contributed by atoms with E-state index in [1.165, 1.54) is 4.68 Å². The second-order valence-electron chi connectivity index (χ2n) is 6.14. The third-order valence-corrected chi connectivity index (χ3v) is 4.67. The molecule has 0 amide bonds. The normalized spacial score (nSPS) is 11.7. The molecule has 3 nitrogen and oxygen atoms in total. The van der Waals surface area contributed by atoms with Crippen molar-refractivity contribution in [3.05, 3.63) is 59.3 Å². The van der Waals surface area contributed by atoms with Crippen LogP contribution in [0, 0.1) is 6.92 Å². The zero-order valence-corrected chi connectivity index (χ0v) is 16.0. The van der Waals surface area contributed by atoms with Crippen LogP contribution in [-0.2, 0) is 12.6 Å². The summed E-state index contributed by atoms with van der Waals surface area (Å²) in [7, 11) is 1.56. The van der Waals surface area contributed by atoms with Gasteiger partial charge in [-0.1, -0.05) is 6.92 Å². The number of ether oxygens (including phenoxy) is 1.